The molecule has 102 valence electrons. The molecule has 3 aromatic carbocycles. The Hall–Kier alpha value is -2.81. The molecule has 3 heteroatoms. The van der Waals surface area contributed by atoms with Crippen molar-refractivity contribution >= 4 is 22.4 Å². The van der Waals surface area contributed by atoms with Crippen molar-refractivity contribution in [2.24, 2.45) is 0 Å². The van der Waals surface area contributed by atoms with Crippen LogP contribution < -0.4 is 10.6 Å². The van der Waals surface area contributed by atoms with Crippen LogP contribution in [-0.4, -0.2) is 5.91 Å². The number of para-hydroxylation sites is 1. The standard InChI is InChI=1S/C18H14N2O/c21-18-15-7-3-4-8-16(15)19-17(20-18)14-10-9-12-5-1-2-6-13(12)11-14/h1-11,17,19H,(H,20,21). The van der Waals surface area contributed by atoms with Gasteiger partial charge >= 0.3 is 0 Å². The fourth-order valence-electron chi connectivity index (χ4n) is 2.76. The van der Waals surface area contributed by atoms with Crippen molar-refractivity contribution in [1.82, 2.24) is 5.32 Å². The van der Waals surface area contributed by atoms with Gasteiger partial charge in [0.05, 0.1) is 5.56 Å². The molecule has 0 saturated carbocycles. The molecule has 0 fully saturated rings. The van der Waals surface area contributed by atoms with E-state index < -0.39 is 0 Å². The molecule has 3 nitrogen and oxygen atoms in total. The molecule has 2 N–H and O–H groups in total. The summed E-state index contributed by atoms with van der Waals surface area (Å²) in [6, 6.07) is 22.0. The minimum Gasteiger partial charge on any atom is -0.361 e. The fraction of sp³-hybridized carbons (Fsp3) is 0.0556. The van der Waals surface area contributed by atoms with Gasteiger partial charge < -0.3 is 10.6 Å². The first-order valence-corrected chi connectivity index (χ1v) is 6.96. The van der Waals surface area contributed by atoms with Gasteiger partial charge in [-0.05, 0) is 34.5 Å². The van der Waals surface area contributed by atoms with Gasteiger partial charge in [0.25, 0.3) is 5.91 Å². The number of benzene rings is 3. The number of anilines is 1. The van der Waals surface area contributed by atoms with Crippen LogP contribution in [0.1, 0.15) is 22.1 Å². The molecule has 0 spiro atoms. The van der Waals surface area contributed by atoms with E-state index in [1.165, 1.54) is 10.8 Å². The first kappa shape index (κ1) is 12.0. The van der Waals surface area contributed by atoms with Gasteiger partial charge in [-0.3, -0.25) is 4.79 Å². The maximum absolute atomic E-state index is 12.2. The van der Waals surface area contributed by atoms with E-state index in [0.717, 1.165) is 11.3 Å². The summed E-state index contributed by atoms with van der Waals surface area (Å²) in [5.74, 6) is -0.0393. The summed E-state index contributed by atoms with van der Waals surface area (Å²) in [5.41, 5.74) is 2.62. The van der Waals surface area contributed by atoms with E-state index in [1.54, 1.807) is 0 Å². The lowest BCUT2D eigenvalue weighted by Gasteiger charge is -2.28. The fourth-order valence-corrected chi connectivity index (χ4v) is 2.76. The van der Waals surface area contributed by atoms with Crippen LogP contribution in [0.2, 0.25) is 0 Å². The van der Waals surface area contributed by atoms with Crippen molar-refractivity contribution in [2.45, 2.75) is 6.17 Å². The molecule has 3 aromatic rings. The number of hydrogen-bond acceptors (Lipinski definition) is 2. The number of carbonyl (C=O) groups excluding carboxylic acids is 1. The third-order valence-corrected chi connectivity index (χ3v) is 3.85. The van der Waals surface area contributed by atoms with Gasteiger partial charge in [0, 0.05) is 5.69 Å². The Balaban J connectivity index is 1.75. The monoisotopic (exact) mass is 274 g/mol. The van der Waals surface area contributed by atoms with Gasteiger partial charge in [-0.25, -0.2) is 0 Å². The second-order valence-corrected chi connectivity index (χ2v) is 5.20. The Labute approximate surface area is 122 Å². The van der Waals surface area contributed by atoms with Crippen molar-refractivity contribution < 1.29 is 4.79 Å². The van der Waals surface area contributed by atoms with E-state index in [-0.39, 0.29) is 12.1 Å². The van der Waals surface area contributed by atoms with E-state index in [9.17, 15) is 4.79 Å². The van der Waals surface area contributed by atoms with Crippen molar-refractivity contribution in [1.29, 1.82) is 0 Å². The SMILES string of the molecule is O=C1NC(c2ccc3ccccc3c2)Nc2ccccc21. The molecule has 0 aromatic heterocycles. The second kappa shape index (κ2) is 4.63. The first-order valence-electron chi connectivity index (χ1n) is 6.96. The van der Waals surface area contributed by atoms with Gasteiger partial charge in [-0.2, -0.15) is 0 Å². The highest BCUT2D eigenvalue weighted by molar-refractivity contribution is 6.01. The average Bonchev–Trinajstić information content (AvgIpc) is 2.54. The number of amides is 1. The molecular formula is C18H14N2O. The maximum Gasteiger partial charge on any atom is 0.255 e. The Bertz CT molecular complexity index is 841. The van der Waals surface area contributed by atoms with Crippen LogP contribution in [0.4, 0.5) is 5.69 Å². The summed E-state index contributed by atoms with van der Waals surface area (Å²) < 4.78 is 0. The molecular weight excluding hydrogens is 260 g/mol. The normalized spacial score (nSPS) is 17.0. The molecule has 0 bridgehead atoms. The summed E-state index contributed by atoms with van der Waals surface area (Å²) in [5, 5.41) is 8.75. The van der Waals surface area contributed by atoms with Gasteiger partial charge in [0.1, 0.15) is 6.17 Å². The molecule has 0 radical (unpaired) electrons. The summed E-state index contributed by atoms with van der Waals surface area (Å²) in [7, 11) is 0. The van der Waals surface area contributed by atoms with Crippen LogP contribution in [-0.2, 0) is 0 Å². The van der Waals surface area contributed by atoms with Gasteiger partial charge in [-0.1, -0.05) is 48.5 Å². The smallest absolute Gasteiger partial charge is 0.255 e. The predicted octanol–water partition coefficient (Wildman–Crippen LogP) is 3.69. The lowest BCUT2D eigenvalue weighted by molar-refractivity contribution is 0.0935. The molecule has 1 aliphatic heterocycles. The van der Waals surface area contributed by atoms with Crippen molar-refractivity contribution in [3.05, 3.63) is 77.9 Å². The molecule has 0 saturated heterocycles. The number of rotatable bonds is 1. The third-order valence-electron chi connectivity index (χ3n) is 3.85. The summed E-state index contributed by atoms with van der Waals surface area (Å²) >= 11 is 0. The molecule has 1 unspecified atom stereocenters. The highest BCUT2D eigenvalue weighted by Gasteiger charge is 2.23. The highest BCUT2D eigenvalue weighted by Crippen LogP contribution is 2.27. The van der Waals surface area contributed by atoms with Gasteiger partial charge in [-0.15, -0.1) is 0 Å². The Kier molecular flexibility index (Phi) is 2.64. The molecule has 1 aliphatic rings. The molecule has 1 amide bonds. The minimum absolute atomic E-state index is 0.0393. The van der Waals surface area contributed by atoms with Crippen LogP contribution in [0.3, 0.4) is 0 Å². The molecule has 1 atom stereocenters. The topological polar surface area (TPSA) is 41.1 Å². The van der Waals surface area contributed by atoms with Gasteiger partial charge in [0.15, 0.2) is 0 Å². The van der Waals surface area contributed by atoms with Gasteiger partial charge in [0.2, 0.25) is 0 Å². The lowest BCUT2D eigenvalue weighted by Crippen LogP contribution is -2.38. The zero-order valence-corrected chi connectivity index (χ0v) is 11.3. The van der Waals surface area contributed by atoms with Crippen molar-refractivity contribution in [2.75, 3.05) is 5.32 Å². The zero-order chi connectivity index (χ0) is 14.2. The second-order valence-electron chi connectivity index (χ2n) is 5.20. The van der Waals surface area contributed by atoms with Crippen LogP contribution in [0.15, 0.2) is 66.7 Å². The average molecular weight is 274 g/mol. The van der Waals surface area contributed by atoms with Crippen molar-refractivity contribution in [3.8, 4) is 0 Å². The number of nitrogens with one attached hydrogen (secondary N) is 2. The summed E-state index contributed by atoms with van der Waals surface area (Å²) in [6.07, 6.45) is -0.197. The maximum atomic E-state index is 12.2. The van der Waals surface area contributed by atoms with E-state index in [4.69, 9.17) is 0 Å². The molecule has 1 heterocycles. The predicted molar refractivity (Wildman–Crippen MR) is 84.2 cm³/mol. The minimum atomic E-state index is -0.197. The quantitative estimate of drug-likeness (QED) is 0.710. The number of carbonyl (C=O) groups is 1. The summed E-state index contributed by atoms with van der Waals surface area (Å²) in [4.78, 5) is 12.2. The van der Waals surface area contributed by atoms with E-state index in [1.807, 2.05) is 42.5 Å². The zero-order valence-electron chi connectivity index (χ0n) is 11.3. The Morgan fingerprint density at radius 2 is 1.52 bits per heavy atom. The Morgan fingerprint density at radius 1 is 0.762 bits per heavy atom. The lowest BCUT2D eigenvalue weighted by atomic mass is 10.0. The van der Waals surface area contributed by atoms with Crippen LogP contribution >= 0.6 is 0 Å². The first-order chi connectivity index (χ1) is 10.3. The molecule has 0 aliphatic carbocycles. The molecule has 4 rings (SSSR count). The van der Waals surface area contributed by atoms with Crippen LogP contribution in [0, 0.1) is 0 Å². The van der Waals surface area contributed by atoms with E-state index >= 15 is 0 Å². The number of hydrogen-bond donors (Lipinski definition) is 2. The summed E-state index contributed by atoms with van der Waals surface area (Å²) in [6.45, 7) is 0. The van der Waals surface area contributed by atoms with Crippen molar-refractivity contribution in [3.63, 3.8) is 0 Å². The third kappa shape index (κ3) is 2.03. The largest absolute Gasteiger partial charge is 0.361 e. The number of fused-ring (bicyclic) bond motifs is 2. The van der Waals surface area contributed by atoms with E-state index in [0.29, 0.717) is 5.56 Å². The van der Waals surface area contributed by atoms with Crippen LogP contribution in [0.25, 0.3) is 10.8 Å². The van der Waals surface area contributed by atoms with Crippen LogP contribution in [0.5, 0.6) is 0 Å². The highest BCUT2D eigenvalue weighted by atomic mass is 16.2. The van der Waals surface area contributed by atoms with E-state index in [2.05, 4.69) is 34.9 Å². The Morgan fingerprint density at radius 3 is 2.43 bits per heavy atom. The molecule has 21 heavy (non-hydrogen) atoms.